The average molecular weight is 316 g/mol. The smallest absolute Gasteiger partial charge is 0.329 e. The van der Waals surface area contributed by atoms with E-state index in [1.807, 2.05) is 16.7 Å². The summed E-state index contributed by atoms with van der Waals surface area (Å²) in [6.07, 6.45) is 3.29. The summed E-state index contributed by atoms with van der Waals surface area (Å²) in [4.78, 5) is 16.6. The van der Waals surface area contributed by atoms with Crippen molar-refractivity contribution in [1.82, 2.24) is 9.55 Å². The van der Waals surface area contributed by atoms with Crippen LogP contribution in [0.3, 0.4) is 0 Å². The number of hydrogen-bond donors (Lipinski definition) is 1. The number of rotatable bonds is 3. The molecule has 0 unspecified atom stereocenters. The van der Waals surface area contributed by atoms with Gasteiger partial charge in [0.25, 0.3) is 0 Å². The summed E-state index contributed by atoms with van der Waals surface area (Å²) in [5.41, 5.74) is 0.498. The standard InChI is InChI=1S/C17H20N2O4/c1-17(2,16(20)21)19-12-9-14-13(22-6-7-23-14)8-11(12)18-15(19)10-4-3-5-10/h8-10H,3-7H2,1-2H3,(H,20,21). The Labute approximate surface area is 134 Å². The highest BCUT2D eigenvalue weighted by atomic mass is 16.6. The number of carbonyl (C=O) groups is 1. The molecule has 2 heterocycles. The van der Waals surface area contributed by atoms with E-state index in [1.165, 1.54) is 6.42 Å². The summed E-state index contributed by atoms with van der Waals surface area (Å²) in [6.45, 7) is 4.46. The van der Waals surface area contributed by atoms with Crippen molar-refractivity contribution in [2.45, 2.75) is 44.6 Å². The fourth-order valence-electron chi connectivity index (χ4n) is 3.26. The molecule has 23 heavy (non-hydrogen) atoms. The Morgan fingerprint density at radius 3 is 2.48 bits per heavy atom. The molecule has 1 saturated carbocycles. The van der Waals surface area contributed by atoms with Crippen LogP contribution in [0.4, 0.5) is 0 Å². The fraction of sp³-hybridized carbons (Fsp3) is 0.529. The number of ether oxygens (including phenoxy) is 2. The van der Waals surface area contributed by atoms with Gasteiger partial charge in [-0.1, -0.05) is 6.42 Å². The van der Waals surface area contributed by atoms with E-state index in [1.54, 1.807) is 13.8 Å². The maximum absolute atomic E-state index is 11.8. The van der Waals surface area contributed by atoms with Crippen molar-refractivity contribution in [1.29, 1.82) is 0 Å². The largest absolute Gasteiger partial charge is 0.486 e. The van der Waals surface area contributed by atoms with Crippen LogP contribution in [-0.4, -0.2) is 33.8 Å². The molecule has 0 amide bonds. The Balaban J connectivity index is 1.97. The molecule has 1 aliphatic carbocycles. The van der Waals surface area contributed by atoms with E-state index in [-0.39, 0.29) is 0 Å². The van der Waals surface area contributed by atoms with Crippen molar-refractivity contribution >= 4 is 17.0 Å². The zero-order valence-electron chi connectivity index (χ0n) is 13.3. The average Bonchev–Trinajstić information content (AvgIpc) is 2.80. The Hall–Kier alpha value is -2.24. The predicted octanol–water partition coefficient (Wildman–Crippen LogP) is 2.89. The van der Waals surface area contributed by atoms with Crippen molar-refractivity contribution in [2.75, 3.05) is 13.2 Å². The fourth-order valence-corrected chi connectivity index (χ4v) is 3.26. The Kier molecular flexibility index (Phi) is 3.04. The second-order valence-corrected chi connectivity index (χ2v) is 6.78. The molecule has 0 saturated heterocycles. The quantitative estimate of drug-likeness (QED) is 0.942. The lowest BCUT2D eigenvalue weighted by molar-refractivity contribution is -0.145. The number of aliphatic carboxylic acids is 1. The van der Waals surface area contributed by atoms with E-state index in [4.69, 9.17) is 14.5 Å². The van der Waals surface area contributed by atoms with Crippen molar-refractivity contribution in [3.05, 3.63) is 18.0 Å². The maximum Gasteiger partial charge on any atom is 0.329 e. The molecular weight excluding hydrogens is 296 g/mol. The first-order valence-corrected chi connectivity index (χ1v) is 8.04. The summed E-state index contributed by atoms with van der Waals surface area (Å²) in [7, 11) is 0. The van der Waals surface area contributed by atoms with E-state index < -0.39 is 11.5 Å². The molecule has 0 bridgehead atoms. The molecule has 4 rings (SSSR count). The number of imidazole rings is 1. The molecule has 1 fully saturated rings. The van der Waals surface area contributed by atoms with Gasteiger partial charge in [-0.05, 0) is 26.7 Å². The summed E-state index contributed by atoms with van der Waals surface area (Å²) < 4.78 is 13.1. The van der Waals surface area contributed by atoms with Gasteiger partial charge in [0.15, 0.2) is 11.5 Å². The van der Waals surface area contributed by atoms with E-state index in [0.717, 1.165) is 29.7 Å². The highest BCUT2D eigenvalue weighted by Crippen LogP contribution is 2.42. The topological polar surface area (TPSA) is 73.6 Å². The highest BCUT2D eigenvalue weighted by Gasteiger charge is 2.37. The molecule has 2 aromatic rings. The van der Waals surface area contributed by atoms with Gasteiger partial charge in [0.1, 0.15) is 24.6 Å². The lowest BCUT2D eigenvalue weighted by Gasteiger charge is -2.31. The van der Waals surface area contributed by atoms with Crippen molar-refractivity contribution < 1.29 is 19.4 Å². The second-order valence-electron chi connectivity index (χ2n) is 6.78. The number of benzene rings is 1. The molecule has 0 atom stereocenters. The maximum atomic E-state index is 11.8. The van der Waals surface area contributed by atoms with Gasteiger partial charge in [-0.15, -0.1) is 0 Å². The van der Waals surface area contributed by atoms with E-state index >= 15 is 0 Å². The SMILES string of the molecule is CC(C)(C(=O)O)n1c(C2CCC2)nc2cc3c(cc21)OCCO3. The van der Waals surface area contributed by atoms with Crippen molar-refractivity contribution in [3.63, 3.8) is 0 Å². The van der Waals surface area contributed by atoms with Gasteiger partial charge in [-0.3, -0.25) is 0 Å². The monoisotopic (exact) mass is 316 g/mol. The molecule has 2 aliphatic rings. The predicted molar refractivity (Wildman–Crippen MR) is 84.3 cm³/mol. The zero-order valence-corrected chi connectivity index (χ0v) is 13.3. The number of nitrogens with zero attached hydrogens (tertiary/aromatic N) is 2. The van der Waals surface area contributed by atoms with Crippen LogP contribution < -0.4 is 9.47 Å². The molecule has 1 N–H and O–H groups in total. The van der Waals surface area contributed by atoms with E-state index in [0.29, 0.717) is 30.6 Å². The summed E-state index contributed by atoms with van der Waals surface area (Å²) >= 11 is 0. The van der Waals surface area contributed by atoms with Crippen LogP contribution >= 0.6 is 0 Å². The van der Waals surface area contributed by atoms with Gasteiger partial charge >= 0.3 is 5.97 Å². The van der Waals surface area contributed by atoms with E-state index in [2.05, 4.69) is 0 Å². The van der Waals surface area contributed by atoms with Gasteiger partial charge < -0.3 is 19.1 Å². The van der Waals surface area contributed by atoms with Gasteiger partial charge in [-0.25, -0.2) is 9.78 Å². The van der Waals surface area contributed by atoms with Gasteiger partial charge in [0, 0.05) is 18.1 Å². The molecular formula is C17H20N2O4. The molecule has 0 radical (unpaired) electrons. The molecule has 0 spiro atoms. The number of hydrogen-bond acceptors (Lipinski definition) is 4. The lowest BCUT2D eigenvalue weighted by Crippen LogP contribution is -2.38. The van der Waals surface area contributed by atoms with Gasteiger partial charge in [0.2, 0.25) is 0 Å². The van der Waals surface area contributed by atoms with Crippen molar-refractivity contribution in [3.8, 4) is 11.5 Å². The lowest BCUT2D eigenvalue weighted by atomic mass is 9.84. The highest BCUT2D eigenvalue weighted by molar-refractivity contribution is 5.85. The number of carboxylic acid groups (broad SMARTS) is 1. The molecule has 1 aromatic carbocycles. The summed E-state index contributed by atoms with van der Waals surface area (Å²) in [5, 5.41) is 9.70. The van der Waals surface area contributed by atoms with E-state index in [9.17, 15) is 9.90 Å². The third-order valence-corrected chi connectivity index (χ3v) is 4.90. The minimum Gasteiger partial charge on any atom is -0.486 e. The Morgan fingerprint density at radius 2 is 1.91 bits per heavy atom. The first-order valence-electron chi connectivity index (χ1n) is 8.04. The van der Waals surface area contributed by atoms with Crippen LogP contribution in [0.25, 0.3) is 11.0 Å². The molecule has 122 valence electrons. The van der Waals surface area contributed by atoms with Gasteiger partial charge in [0.05, 0.1) is 11.0 Å². The van der Waals surface area contributed by atoms with Crippen LogP contribution in [0.15, 0.2) is 12.1 Å². The van der Waals surface area contributed by atoms with Crippen molar-refractivity contribution in [2.24, 2.45) is 0 Å². The number of fused-ring (bicyclic) bond motifs is 2. The third-order valence-electron chi connectivity index (χ3n) is 4.90. The first kappa shape index (κ1) is 14.4. The normalized spacial score (nSPS) is 18.0. The molecule has 6 heteroatoms. The zero-order chi connectivity index (χ0) is 16.2. The second kappa shape index (κ2) is 4.88. The molecule has 6 nitrogen and oxygen atoms in total. The van der Waals surface area contributed by atoms with Gasteiger partial charge in [-0.2, -0.15) is 0 Å². The van der Waals surface area contributed by atoms with Crippen LogP contribution in [-0.2, 0) is 10.3 Å². The van der Waals surface area contributed by atoms with Crippen LogP contribution in [0.1, 0.15) is 44.9 Å². The van der Waals surface area contributed by atoms with Crippen LogP contribution in [0.2, 0.25) is 0 Å². The molecule has 1 aliphatic heterocycles. The first-order chi connectivity index (χ1) is 11.0. The number of carboxylic acids is 1. The number of aromatic nitrogens is 2. The third kappa shape index (κ3) is 2.08. The minimum absolute atomic E-state index is 0.333. The Morgan fingerprint density at radius 1 is 1.26 bits per heavy atom. The minimum atomic E-state index is -1.07. The van der Waals surface area contributed by atoms with Crippen LogP contribution in [0, 0.1) is 0 Å². The molecule has 1 aromatic heterocycles. The van der Waals surface area contributed by atoms with Crippen LogP contribution in [0.5, 0.6) is 11.5 Å². The Bertz CT molecular complexity index is 789. The summed E-state index contributed by atoms with van der Waals surface area (Å²) in [6, 6.07) is 3.73. The summed E-state index contributed by atoms with van der Waals surface area (Å²) in [5.74, 6) is 1.67.